The van der Waals surface area contributed by atoms with E-state index in [9.17, 15) is 0 Å². The summed E-state index contributed by atoms with van der Waals surface area (Å²) >= 11 is 0. The van der Waals surface area contributed by atoms with Gasteiger partial charge in [-0.25, -0.2) is 4.99 Å². The van der Waals surface area contributed by atoms with Gasteiger partial charge in [0.25, 0.3) is 0 Å². The number of para-hydroxylation sites is 1. The number of aliphatic imine (C=N–C) groups is 1. The van der Waals surface area contributed by atoms with Gasteiger partial charge >= 0.3 is 0 Å². The molecular formula is C19H34IN3O3. The van der Waals surface area contributed by atoms with Gasteiger partial charge in [-0.15, -0.1) is 24.0 Å². The summed E-state index contributed by atoms with van der Waals surface area (Å²) in [4.78, 5) is 4.62. The predicted octanol–water partition coefficient (Wildman–Crippen LogP) is 3.44. The second-order valence-corrected chi connectivity index (χ2v) is 6.07. The number of halogens is 1. The first kappa shape index (κ1) is 24.8. The lowest BCUT2D eigenvalue weighted by atomic mass is 10.1. The molecule has 1 aromatic rings. The Morgan fingerprint density at radius 1 is 1.12 bits per heavy atom. The van der Waals surface area contributed by atoms with Gasteiger partial charge in [0.2, 0.25) is 0 Å². The second-order valence-electron chi connectivity index (χ2n) is 6.07. The molecule has 0 fully saturated rings. The minimum Gasteiger partial charge on any atom is -0.493 e. The number of methoxy groups -OCH3 is 2. The average Bonchev–Trinajstić information content (AvgIpc) is 2.61. The van der Waals surface area contributed by atoms with Crippen LogP contribution < -0.4 is 20.1 Å². The molecule has 0 aliphatic heterocycles. The summed E-state index contributed by atoms with van der Waals surface area (Å²) in [6.07, 6.45) is 1.09. The van der Waals surface area contributed by atoms with Crippen molar-refractivity contribution < 1.29 is 14.2 Å². The zero-order chi connectivity index (χ0) is 18.5. The smallest absolute Gasteiger partial charge is 0.191 e. The highest BCUT2D eigenvalue weighted by Crippen LogP contribution is 2.30. The average molecular weight is 479 g/mol. The predicted molar refractivity (Wildman–Crippen MR) is 118 cm³/mol. The van der Waals surface area contributed by atoms with Gasteiger partial charge < -0.3 is 24.8 Å². The molecule has 150 valence electrons. The van der Waals surface area contributed by atoms with Crippen LogP contribution in [0, 0.1) is 5.92 Å². The molecule has 6 nitrogen and oxygen atoms in total. The van der Waals surface area contributed by atoms with Crippen LogP contribution >= 0.6 is 24.0 Å². The van der Waals surface area contributed by atoms with Gasteiger partial charge in [-0.05, 0) is 25.3 Å². The van der Waals surface area contributed by atoms with Crippen molar-refractivity contribution in [1.82, 2.24) is 10.6 Å². The maximum atomic E-state index is 5.62. The van der Waals surface area contributed by atoms with Crippen LogP contribution in [-0.2, 0) is 11.3 Å². The lowest BCUT2D eigenvalue weighted by Gasteiger charge is -2.14. The Morgan fingerprint density at radius 2 is 1.88 bits per heavy atom. The third-order valence-corrected chi connectivity index (χ3v) is 3.61. The number of nitrogens with zero attached hydrogens (tertiary/aromatic N) is 1. The fourth-order valence-corrected chi connectivity index (χ4v) is 2.25. The molecule has 0 spiro atoms. The third-order valence-electron chi connectivity index (χ3n) is 3.61. The maximum Gasteiger partial charge on any atom is 0.191 e. The van der Waals surface area contributed by atoms with Crippen LogP contribution in [0.25, 0.3) is 0 Å². The van der Waals surface area contributed by atoms with E-state index < -0.39 is 0 Å². The van der Waals surface area contributed by atoms with Gasteiger partial charge in [-0.3, -0.25) is 0 Å². The van der Waals surface area contributed by atoms with E-state index in [1.807, 2.05) is 25.1 Å². The first-order chi connectivity index (χ1) is 12.1. The van der Waals surface area contributed by atoms with Crippen molar-refractivity contribution in [3.8, 4) is 11.5 Å². The van der Waals surface area contributed by atoms with Gasteiger partial charge in [0, 0.05) is 25.3 Å². The van der Waals surface area contributed by atoms with E-state index in [0.29, 0.717) is 24.8 Å². The highest BCUT2D eigenvalue weighted by molar-refractivity contribution is 14.0. The first-order valence-corrected chi connectivity index (χ1v) is 8.92. The standard InChI is InChI=1S/C19H33N3O3.HI/c1-6-20-19(21-11-13-25-12-10-15(2)3)22-14-16-8-7-9-17(23-4)18(16)24-5;/h7-9,15H,6,10-14H2,1-5H3,(H2,20,21,22);1H. The monoisotopic (exact) mass is 479 g/mol. The van der Waals surface area contributed by atoms with E-state index in [1.165, 1.54) is 0 Å². The number of hydrogen-bond donors (Lipinski definition) is 2. The minimum atomic E-state index is 0. The number of hydrogen-bond acceptors (Lipinski definition) is 4. The molecule has 0 bridgehead atoms. The van der Waals surface area contributed by atoms with Gasteiger partial charge in [-0.2, -0.15) is 0 Å². The topological polar surface area (TPSA) is 64.1 Å². The van der Waals surface area contributed by atoms with Gasteiger partial charge in [0.15, 0.2) is 17.5 Å². The van der Waals surface area contributed by atoms with Gasteiger partial charge in [-0.1, -0.05) is 26.0 Å². The van der Waals surface area contributed by atoms with Crippen LogP contribution in [0.2, 0.25) is 0 Å². The van der Waals surface area contributed by atoms with Crippen molar-refractivity contribution in [1.29, 1.82) is 0 Å². The lowest BCUT2D eigenvalue weighted by molar-refractivity contribution is 0.128. The zero-order valence-electron chi connectivity index (χ0n) is 16.6. The van der Waals surface area contributed by atoms with E-state index in [-0.39, 0.29) is 24.0 Å². The van der Waals surface area contributed by atoms with Crippen molar-refractivity contribution in [3.05, 3.63) is 23.8 Å². The Kier molecular flexibility index (Phi) is 14.2. The third kappa shape index (κ3) is 9.47. The molecule has 0 aromatic heterocycles. The zero-order valence-corrected chi connectivity index (χ0v) is 19.0. The summed E-state index contributed by atoms with van der Waals surface area (Å²) in [6, 6.07) is 5.81. The summed E-state index contributed by atoms with van der Waals surface area (Å²) in [5.74, 6) is 2.87. The van der Waals surface area contributed by atoms with Crippen LogP contribution in [0.4, 0.5) is 0 Å². The molecule has 0 aliphatic rings. The van der Waals surface area contributed by atoms with Crippen LogP contribution in [0.15, 0.2) is 23.2 Å². The van der Waals surface area contributed by atoms with Gasteiger partial charge in [0.05, 0.1) is 27.4 Å². The summed E-state index contributed by atoms with van der Waals surface area (Å²) < 4.78 is 16.4. The Hall–Kier alpha value is -1.22. The SMILES string of the molecule is CCNC(=NCc1cccc(OC)c1OC)NCCOCCC(C)C.I. The van der Waals surface area contributed by atoms with E-state index >= 15 is 0 Å². The molecule has 1 aromatic carbocycles. The Balaban J connectivity index is 0.00000625. The van der Waals surface area contributed by atoms with Crippen molar-refractivity contribution >= 4 is 29.9 Å². The molecule has 2 N–H and O–H groups in total. The summed E-state index contributed by atoms with van der Waals surface area (Å²) in [5.41, 5.74) is 0.979. The normalized spacial score (nSPS) is 11.1. The summed E-state index contributed by atoms with van der Waals surface area (Å²) in [7, 11) is 3.28. The van der Waals surface area contributed by atoms with Crippen molar-refractivity contribution in [2.75, 3.05) is 40.5 Å². The van der Waals surface area contributed by atoms with Crippen LogP contribution in [0.5, 0.6) is 11.5 Å². The molecule has 0 aliphatic carbocycles. The maximum absolute atomic E-state index is 5.62. The molecule has 26 heavy (non-hydrogen) atoms. The molecule has 0 heterocycles. The molecule has 0 amide bonds. The number of rotatable bonds is 11. The molecule has 0 saturated carbocycles. The van der Waals surface area contributed by atoms with Crippen molar-refractivity contribution in [2.24, 2.45) is 10.9 Å². The number of ether oxygens (including phenoxy) is 3. The molecule has 7 heteroatoms. The fraction of sp³-hybridized carbons (Fsp3) is 0.632. The van der Waals surface area contributed by atoms with Crippen LogP contribution in [0.3, 0.4) is 0 Å². The molecule has 0 atom stereocenters. The second kappa shape index (κ2) is 14.9. The van der Waals surface area contributed by atoms with Crippen LogP contribution in [0.1, 0.15) is 32.8 Å². The highest BCUT2D eigenvalue weighted by atomic mass is 127. The number of guanidine groups is 1. The Morgan fingerprint density at radius 3 is 2.50 bits per heavy atom. The van der Waals surface area contributed by atoms with Crippen molar-refractivity contribution in [3.63, 3.8) is 0 Å². The number of nitrogens with one attached hydrogen (secondary N) is 2. The van der Waals surface area contributed by atoms with E-state index in [1.54, 1.807) is 14.2 Å². The van der Waals surface area contributed by atoms with Crippen molar-refractivity contribution in [2.45, 2.75) is 33.7 Å². The van der Waals surface area contributed by atoms with E-state index in [4.69, 9.17) is 14.2 Å². The minimum absolute atomic E-state index is 0. The quantitative estimate of drug-likeness (QED) is 0.220. The van der Waals surface area contributed by atoms with E-state index in [0.717, 1.165) is 43.4 Å². The number of benzene rings is 1. The van der Waals surface area contributed by atoms with Gasteiger partial charge in [0.1, 0.15) is 0 Å². The lowest BCUT2D eigenvalue weighted by Crippen LogP contribution is -2.39. The van der Waals surface area contributed by atoms with Crippen LogP contribution in [-0.4, -0.2) is 46.5 Å². The Bertz CT molecular complexity index is 525. The highest BCUT2D eigenvalue weighted by Gasteiger charge is 2.09. The van der Waals surface area contributed by atoms with E-state index in [2.05, 4.69) is 29.5 Å². The first-order valence-electron chi connectivity index (χ1n) is 8.92. The largest absolute Gasteiger partial charge is 0.493 e. The summed E-state index contributed by atoms with van der Waals surface area (Å²) in [5, 5.41) is 6.53. The molecular weight excluding hydrogens is 445 g/mol. The Labute approximate surface area is 175 Å². The molecule has 0 saturated heterocycles. The molecule has 0 unspecified atom stereocenters. The molecule has 0 radical (unpaired) electrons. The summed E-state index contributed by atoms with van der Waals surface area (Å²) in [6.45, 7) is 9.93. The molecule has 1 rings (SSSR count). The fourth-order valence-electron chi connectivity index (χ4n) is 2.25.